The Kier molecular flexibility index (Phi) is 5.02. The number of ketones is 2. The second-order valence-electron chi connectivity index (χ2n) is 8.82. The molecule has 1 aromatic carbocycles. The molecule has 0 bridgehead atoms. The van der Waals surface area contributed by atoms with Gasteiger partial charge in [0, 0.05) is 30.2 Å². The number of fused-ring (bicyclic) bond motifs is 3. The lowest BCUT2D eigenvalue weighted by Crippen LogP contribution is -2.65. The van der Waals surface area contributed by atoms with Crippen LogP contribution in [-0.2, 0) is 20.8 Å². The first-order valence-corrected chi connectivity index (χ1v) is 10.2. The molecule has 1 aromatic rings. The molecule has 0 heterocycles. The number of benzene rings is 1. The van der Waals surface area contributed by atoms with Crippen LogP contribution in [0, 0.1) is 17.7 Å². The van der Waals surface area contributed by atoms with Gasteiger partial charge < -0.3 is 31.5 Å². The molecule has 33 heavy (non-hydrogen) atoms. The molecule has 3 aliphatic carbocycles. The van der Waals surface area contributed by atoms with Crippen LogP contribution in [0.4, 0.5) is 10.1 Å². The first kappa shape index (κ1) is 22.7. The zero-order valence-corrected chi connectivity index (χ0v) is 18.1. The van der Waals surface area contributed by atoms with Crippen LogP contribution < -0.4 is 11.1 Å². The van der Waals surface area contributed by atoms with E-state index >= 15 is 0 Å². The Balaban J connectivity index is 2.00. The summed E-state index contributed by atoms with van der Waals surface area (Å²) in [6.07, 6.45) is -0.197. The van der Waals surface area contributed by atoms with E-state index in [1.807, 2.05) is 0 Å². The fourth-order valence-electron chi connectivity index (χ4n) is 5.46. The van der Waals surface area contributed by atoms with Crippen LogP contribution in [0.1, 0.15) is 17.5 Å². The van der Waals surface area contributed by atoms with Gasteiger partial charge in [0.25, 0.3) is 5.91 Å². The second-order valence-corrected chi connectivity index (χ2v) is 8.82. The highest BCUT2D eigenvalue weighted by Gasteiger charge is 2.64. The van der Waals surface area contributed by atoms with Crippen LogP contribution >= 0.6 is 0 Å². The third-order valence-corrected chi connectivity index (χ3v) is 6.94. The quantitative estimate of drug-likeness (QED) is 0.270. The summed E-state index contributed by atoms with van der Waals surface area (Å²) in [4.78, 5) is 39.9. The van der Waals surface area contributed by atoms with E-state index in [-0.39, 0.29) is 35.2 Å². The Morgan fingerprint density at radius 3 is 2.45 bits per heavy atom. The summed E-state index contributed by atoms with van der Waals surface area (Å²) in [5.41, 5.74) is 0.994. The predicted molar refractivity (Wildman–Crippen MR) is 114 cm³/mol. The van der Waals surface area contributed by atoms with E-state index in [1.54, 1.807) is 0 Å². The van der Waals surface area contributed by atoms with Crippen molar-refractivity contribution in [1.82, 2.24) is 4.90 Å². The molecule has 0 saturated heterocycles. The summed E-state index contributed by atoms with van der Waals surface area (Å²) in [7, 11) is 4.44. The SMILES string of the molecule is CNc1cc(F)c2c(c1O)C(O)=C1C(=O)[C@]3(O)C(O)=C(C(N)=O)C(=O)[C@@H](N(C)C)[C@@H]3C[C@@H]1C2. The number of amides is 1. The van der Waals surface area contributed by atoms with Crippen molar-refractivity contribution in [3.63, 3.8) is 0 Å². The number of hydrogen-bond donors (Lipinski definition) is 6. The number of Topliss-reactive ketones (excluding diaryl/α,β-unsaturated/α-hetero) is 2. The molecule has 4 atom stereocenters. The molecule has 7 N–H and O–H groups in total. The average Bonchev–Trinajstić information content (AvgIpc) is 2.72. The summed E-state index contributed by atoms with van der Waals surface area (Å²) in [6, 6.07) is -0.124. The molecule has 1 fully saturated rings. The number of primary amides is 1. The molecule has 1 saturated carbocycles. The summed E-state index contributed by atoms with van der Waals surface area (Å²) >= 11 is 0. The Morgan fingerprint density at radius 1 is 1.27 bits per heavy atom. The Labute approximate surface area is 187 Å². The zero-order chi connectivity index (χ0) is 24.6. The van der Waals surface area contributed by atoms with Crippen LogP contribution in [0.2, 0.25) is 0 Å². The number of carbonyl (C=O) groups is 3. The molecule has 0 radical (unpaired) electrons. The molecule has 0 aromatic heterocycles. The number of phenolic OH excluding ortho intramolecular Hbond substituents is 1. The van der Waals surface area contributed by atoms with E-state index in [9.17, 15) is 39.2 Å². The largest absolute Gasteiger partial charge is 0.508 e. The van der Waals surface area contributed by atoms with Crippen molar-refractivity contribution in [2.45, 2.75) is 24.5 Å². The normalized spacial score (nSPS) is 29.1. The minimum absolute atomic E-state index is 0.0166. The van der Waals surface area contributed by atoms with Crippen molar-refractivity contribution >= 4 is 28.9 Å². The molecule has 176 valence electrons. The van der Waals surface area contributed by atoms with Gasteiger partial charge in [-0.3, -0.25) is 19.3 Å². The number of aliphatic hydroxyl groups excluding tert-OH is 2. The van der Waals surface area contributed by atoms with Crippen molar-refractivity contribution in [2.24, 2.45) is 17.6 Å². The number of likely N-dealkylation sites (N-methyl/N-ethyl adjacent to an activating group) is 1. The third kappa shape index (κ3) is 2.82. The first-order valence-electron chi connectivity index (χ1n) is 10.2. The minimum Gasteiger partial charge on any atom is -0.508 e. The van der Waals surface area contributed by atoms with Gasteiger partial charge in [0.1, 0.15) is 28.7 Å². The third-order valence-electron chi connectivity index (χ3n) is 6.94. The van der Waals surface area contributed by atoms with Gasteiger partial charge in [-0.2, -0.15) is 0 Å². The number of anilines is 1. The van der Waals surface area contributed by atoms with E-state index in [4.69, 9.17) is 5.73 Å². The fourth-order valence-corrected chi connectivity index (χ4v) is 5.46. The minimum atomic E-state index is -2.72. The molecule has 0 aliphatic heterocycles. The highest BCUT2D eigenvalue weighted by molar-refractivity contribution is 6.24. The number of nitrogens with zero attached hydrogens (tertiary/aromatic N) is 1. The Morgan fingerprint density at radius 2 is 1.91 bits per heavy atom. The standard InChI is InChI=1S/C22H24FN3O7/c1-25-11-6-10(23)8-4-7-5-9-15(26(2)3)18(29)14(21(24)32)20(31)22(9,33)19(30)12(7)17(28)13(8)16(11)27/h6-7,9,15,25,27-28,31,33H,4-5H2,1-3H3,(H2,24,32)/t7-,9-,15-,22-/m0/s1. The molecule has 4 rings (SSSR count). The molecule has 0 spiro atoms. The number of rotatable bonds is 3. The van der Waals surface area contributed by atoms with Crippen molar-refractivity contribution in [2.75, 3.05) is 26.5 Å². The fraction of sp³-hybridized carbons (Fsp3) is 0.409. The molecule has 10 nitrogen and oxygen atoms in total. The van der Waals surface area contributed by atoms with Gasteiger partial charge >= 0.3 is 0 Å². The van der Waals surface area contributed by atoms with Crippen LogP contribution in [0.25, 0.3) is 5.76 Å². The zero-order valence-electron chi connectivity index (χ0n) is 18.1. The number of nitrogens with two attached hydrogens (primary N) is 1. The summed E-state index contributed by atoms with van der Waals surface area (Å²) in [5.74, 6) is -8.42. The van der Waals surface area contributed by atoms with E-state index < -0.39 is 69.6 Å². The Hall–Kier alpha value is -3.44. The van der Waals surface area contributed by atoms with Gasteiger partial charge in [-0.1, -0.05) is 0 Å². The van der Waals surface area contributed by atoms with E-state index in [1.165, 1.54) is 26.0 Å². The average molecular weight is 461 g/mol. The number of phenols is 1. The number of nitrogens with one attached hydrogen (secondary N) is 1. The van der Waals surface area contributed by atoms with Gasteiger partial charge in [-0.05, 0) is 32.9 Å². The highest BCUT2D eigenvalue weighted by atomic mass is 19.1. The molecule has 0 unspecified atom stereocenters. The lowest BCUT2D eigenvalue weighted by molar-refractivity contribution is -0.153. The van der Waals surface area contributed by atoms with Gasteiger partial charge in [0.2, 0.25) is 5.78 Å². The molecule has 1 amide bonds. The van der Waals surface area contributed by atoms with Crippen LogP contribution in [0.5, 0.6) is 5.75 Å². The summed E-state index contributed by atoms with van der Waals surface area (Å²) < 4.78 is 14.8. The topological polar surface area (TPSA) is 173 Å². The van der Waals surface area contributed by atoms with Crippen LogP contribution in [0.15, 0.2) is 23.0 Å². The maximum atomic E-state index is 14.8. The highest BCUT2D eigenvalue weighted by Crippen LogP contribution is 2.53. The molecule has 3 aliphatic rings. The second kappa shape index (κ2) is 7.29. The number of halogens is 1. The number of aliphatic hydroxyl groups is 3. The van der Waals surface area contributed by atoms with E-state index in [2.05, 4.69) is 5.32 Å². The van der Waals surface area contributed by atoms with Gasteiger partial charge in [0.15, 0.2) is 11.4 Å². The monoisotopic (exact) mass is 461 g/mol. The van der Waals surface area contributed by atoms with Gasteiger partial charge in [-0.15, -0.1) is 0 Å². The molecule has 11 heteroatoms. The van der Waals surface area contributed by atoms with E-state index in [0.29, 0.717) is 0 Å². The first-order chi connectivity index (χ1) is 15.4. The maximum absolute atomic E-state index is 14.8. The Bertz CT molecular complexity index is 1190. The van der Waals surface area contributed by atoms with Crippen LogP contribution in [0.3, 0.4) is 0 Å². The predicted octanol–water partition coefficient (Wildman–Crippen LogP) is 0.145. The van der Waals surface area contributed by atoms with Crippen molar-refractivity contribution in [3.05, 3.63) is 39.9 Å². The lowest BCUT2D eigenvalue weighted by Gasteiger charge is -2.50. The van der Waals surface area contributed by atoms with Gasteiger partial charge in [0.05, 0.1) is 17.3 Å². The van der Waals surface area contributed by atoms with Crippen molar-refractivity contribution < 1.29 is 39.2 Å². The lowest BCUT2D eigenvalue weighted by atomic mass is 9.57. The van der Waals surface area contributed by atoms with Crippen LogP contribution in [-0.4, -0.2) is 75.6 Å². The summed E-state index contributed by atoms with van der Waals surface area (Å²) in [5, 5.41) is 46.3. The number of aromatic hydroxyl groups is 1. The van der Waals surface area contributed by atoms with Crippen molar-refractivity contribution in [3.8, 4) is 5.75 Å². The smallest absolute Gasteiger partial charge is 0.255 e. The van der Waals surface area contributed by atoms with Gasteiger partial charge in [-0.25, -0.2) is 4.39 Å². The maximum Gasteiger partial charge on any atom is 0.255 e. The number of carbonyl (C=O) groups excluding carboxylic acids is 3. The van der Waals surface area contributed by atoms with Crippen molar-refractivity contribution in [1.29, 1.82) is 0 Å². The molecular formula is C22H24FN3O7. The number of hydrogen-bond acceptors (Lipinski definition) is 9. The van der Waals surface area contributed by atoms with E-state index in [0.717, 1.165) is 6.07 Å². The summed E-state index contributed by atoms with van der Waals surface area (Å²) in [6.45, 7) is 0. The molecular weight excluding hydrogens is 437 g/mol.